The van der Waals surface area contributed by atoms with Crippen molar-refractivity contribution in [1.82, 2.24) is 5.43 Å². The minimum absolute atomic E-state index is 0.234. The third kappa shape index (κ3) is 3.31. The van der Waals surface area contributed by atoms with E-state index in [1.54, 1.807) is 12.1 Å². The fraction of sp³-hybridized carbons (Fsp3) is 0.200. The summed E-state index contributed by atoms with van der Waals surface area (Å²) in [4.78, 5) is 11.8. The highest BCUT2D eigenvalue weighted by Crippen LogP contribution is 2.09. The van der Waals surface area contributed by atoms with Gasteiger partial charge in [0.25, 0.3) is 5.91 Å². The normalized spacial score (nSPS) is 10.9. The number of nitrogens with zero attached hydrogens (tertiary/aromatic N) is 1. The van der Waals surface area contributed by atoms with Gasteiger partial charge in [0.15, 0.2) is 0 Å². The lowest BCUT2D eigenvalue weighted by Crippen LogP contribution is -2.17. The van der Waals surface area contributed by atoms with Crippen molar-refractivity contribution < 1.29 is 9.21 Å². The molecular formula is C15H16N2O2. The molecule has 4 nitrogen and oxygen atoms in total. The molecule has 0 atom stereocenters. The van der Waals surface area contributed by atoms with Crippen molar-refractivity contribution in [2.45, 2.75) is 20.8 Å². The van der Waals surface area contributed by atoms with Gasteiger partial charge in [-0.1, -0.05) is 6.07 Å². The van der Waals surface area contributed by atoms with E-state index in [1.807, 2.05) is 39.0 Å². The van der Waals surface area contributed by atoms with Gasteiger partial charge in [-0.15, -0.1) is 0 Å². The van der Waals surface area contributed by atoms with E-state index in [2.05, 4.69) is 10.5 Å². The molecule has 0 radical (unpaired) electrons. The molecular weight excluding hydrogens is 240 g/mol. The van der Waals surface area contributed by atoms with Gasteiger partial charge in [0.2, 0.25) is 0 Å². The summed E-state index contributed by atoms with van der Waals surface area (Å²) in [7, 11) is 0. The second-order valence-corrected chi connectivity index (χ2v) is 4.45. The van der Waals surface area contributed by atoms with Crippen LogP contribution >= 0.6 is 0 Å². The molecule has 1 N–H and O–H groups in total. The Kier molecular flexibility index (Phi) is 3.80. The van der Waals surface area contributed by atoms with Gasteiger partial charge in [0, 0.05) is 5.56 Å². The first-order valence-corrected chi connectivity index (χ1v) is 6.03. The van der Waals surface area contributed by atoms with Crippen molar-refractivity contribution in [3.63, 3.8) is 0 Å². The Balaban J connectivity index is 2.01. The van der Waals surface area contributed by atoms with E-state index in [9.17, 15) is 4.79 Å². The Hall–Kier alpha value is -2.36. The molecule has 1 aromatic carbocycles. The van der Waals surface area contributed by atoms with Crippen LogP contribution in [-0.4, -0.2) is 12.1 Å². The van der Waals surface area contributed by atoms with Gasteiger partial charge in [-0.05, 0) is 56.2 Å². The predicted octanol–water partition coefficient (Wildman–Crippen LogP) is 2.97. The highest BCUT2D eigenvalue weighted by molar-refractivity contribution is 5.94. The average Bonchev–Trinajstić information content (AvgIpc) is 2.78. The Morgan fingerprint density at radius 2 is 1.95 bits per heavy atom. The van der Waals surface area contributed by atoms with E-state index in [0.29, 0.717) is 11.3 Å². The summed E-state index contributed by atoms with van der Waals surface area (Å²) >= 11 is 0. The van der Waals surface area contributed by atoms with E-state index in [1.165, 1.54) is 6.21 Å². The summed E-state index contributed by atoms with van der Waals surface area (Å²) in [5.74, 6) is 1.18. The van der Waals surface area contributed by atoms with Crippen LogP contribution in [0.3, 0.4) is 0 Å². The molecule has 0 bridgehead atoms. The number of hydrogen-bond acceptors (Lipinski definition) is 3. The SMILES string of the molecule is Cc1ccc(C=NNC(=O)c2ccc(C)c(C)c2)o1. The number of aryl methyl sites for hydroxylation is 3. The predicted molar refractivity (Wildman–Crippen MR) is 74.4 cm³/mol. The zero-order valence-corrected chi connectivity index (χ0v) is 11.2. The Morgan fingerprint density at radius 3 is 2.58 bits per heavy atom. The van der Waals surface area contributed by atoms with Gasteiger partial charge in [-0.25, -0.2) is 5.43 Å². The molecule has 0 saturated heterocycles. The van der Waals surface area contributed by atoms with Crippen molar-refractivity contribution in [3.8, 4) is 0 Å². The van der Waals surface area contributed by atoms with Gasteiger partial charge in [0.05, 0.1) is 6.21 Å². The molecule has 0 aliphatic heterocycles. The van der Waals surface area contributed by atoms with Gasteiger partial charge in [-0.2, -0.15) is 5.10 Å². The van der Waals surface area contributed by atoms with Crippen LogP contribution in [0.15, 0.2) is 39.9 Å². The molecule has 19 heavy (non-hydrogen) atoms. The smallest absolute Gasteiger partial charge is 0.271 e. The van der Waals surface area contributed by atoms with Crippen LogP contribution in [0.5, 0.6) is 0 Å². The number of hydrogen-bond donors (Lipinski definition) is 1. The van der Waals surface area contributed by atoms with Crippen LogP contribution in [0.2, 0.25) is 0 Å². The van der Waals surface area contributed by atoms with E-state index in [-0.39, 0.29) is 5.91 Å². The molecule has 0 aliphatic rings. The maximum atomic E-state index is 11.8. The number of amides is 1. The molecule has 0 fully saturated rings. The number of hydrazone groups is 1. The van der Waals surface area contributed by atoms with Crippen LogP contribution in [0.4, 0.5) is 0 Å². The van der Waals surface area contributed by atoms with E-state index < -0.39 is 0 Å². The van der Waals surface area contributed by atoms with Gasteiger partial charge in [0.1, 0.15) is 11.5 Å². The first kappa shape index (κ1) is 13.1. The topological polar surface area (TPSA) is 54.6 Å². The second kappa shape index (κ2) is 5.52. The van der Waals surface area contributed by atoms with Crippen LogP contribution in [-0.2, 0) is 0 Å². The highest BCUT2D eigenvalue weighted by Gasteiger charge is 2.05. The van der Waals surface area contributed by atoms with Gasteiger partial charge < -0.3 is 4.42 Å². The summed E-state index contributed by atoms with van der Waals surface area (Å²) in [6.07, 6.45) is 1.48. The van der Waals surface area contributed by atoms with Crippen LogP contribution in [0.1, 0.15) is 33.0 Å². The zero-order chi connectivity index (χ0) is 13.8. The third-order valence-corrected chi connectivity index (χ3v) is 2.89. The monoisotopic (exact) mass is 256 g/mol. The summed E-state index contributed by atoms with van der Waals surface area (Å²) in [5, 5.41) is 3.87. The van der Waals surface area contributed by atoms with Crippen molar-refractivity contribution in [3.05, 3.63) is 58.5 Å². The number of rotatable bonds is 3. The van der Waals surface area contributed by atoms with Crippen molar-refractivity contribution in [2.75, 3.05) is 0 Å². The highest BCUT2D eigenvalue weighted by atomic mass is 16.3. The fourth-order valence-corrected chi connectivity index (χ4v) is 1.62. The molecule has 2 aromatic rings. The van der Waals surface area contributed by atoms with E-state index in [4.69, 9.17) is 4.42 Å². The standard InChI is InChI=1S/C15H16N2O2/c1-10-4-6-13(8-11(10)2)15(18)17-16-9-14-7-5-12(3)19-14/h4-9H,1-3H3,(H,17,18). The average molecular weight is 256 g/mol. The molecule has 0 unspecified atom stereocenters. The summed E-state index contributed by atoms with van der Waals surface area (Å²) in [6.45, 7) is 5.83. The summed E-state index contributed by atoms with van der Waals surface area (Å²) in [5.41, 5.74) is 5.31. The molecule has 1 heterocycles. The lowest BCUT2D eigenvalue weighted by molar-refractivity contribution is 0.0955. The van der Waals surface area contributed by atoms with Crippen LogP contribution < -0.4 is 5.43 Å². The molecule has 98 valence electrons. The molecule has 0 saturated carbocycles. The minimum Gasteiger partial charge on any atom is -0.460 e. The minimum atomic E-state index is -0.234. The Labute approximate surface area is 112 Å². The molecule has 0 aliphatic carbocycles. The number of carbonyl (C=O) groups is 1. The zero-order valence-electron chi connectivity index (χ0n) is 11.2. The van der Waals surface area contributed by atoms with Gasteiger partial charge >= 0.3 is 0 Å². The van der Waals surface area contributed by atoms with Crippen LogP contribution in [0, 0.1) is 20.8 Å². The van der Waals surface area contributed by atoms with E-state index in [0.717, 1.165) is 16.9 Å². The molecule has 1 aromatic heterocycles. The molecule has 4 heteroatoms. The maximum Gasteiger partial charge on any atom is 0.271 e. The molecule has 2 rings (SSSR count). The summed E-state index contributed by atoms with van der Waals surface area (Å²) in [6, 6.07) is 9.18. The fourth-order valence-electron chi connectivity index (χ4n) is 1.62. The Bertz CT molecular complexity index is 627. The van der Waals surface area contributed by atoms with Crippen molar-refractivity contribution in [1.29, 1.82) is 0 Å². The Morgan fingerprint density at radius 1 is 1.16 bits per heavy atom. The second-order valence-electron chi connectivity index (χ2n) is 4.45. The molecule has 1 amide bonds. The number of nitrogens with one attached hydrogen (secondary N) is 1. The number of carbonyl (C=O) groups excluding carboxylic acids is 1. The number of benzene rings is 1. The largest absolute Gasteiger partial charge is 0.460 e. The lowest BCUT2D eigenvalue weighted by Gasteiger charge is -2.03. The lowest BCUT2D eigenvalue weighted by atomic mass is 10.1. The van der Waals surface area contributed by atoms with Gasteiger partial charge in [-0.3, -0.25) is 4.79 Å². The number of furan rings is 1. The van der Waals surface area contributed by atoms with Crippen molar-refractivity contribution in [2.24, 2.45) is 5.10 Å². The molecule has 0 spiro atoms. The third-order valence-electron chi connectivity index (χ3n) is 2.89. The summed E-state index contributed by atoms with van der Waals surface area (Å²) < 4.78 is 5.31. The first-order valence-electron chi connectivity index (χ1n) is 6.03. The van der Waals surface area contributed by atoms with Crippen molar-refractivity contribution >= 4 is 12.1 Å². The maximum absolute atomic E-state index is 11.8. The van der Waals surface area contributed by atoms with E-state index >= 15 is 0 Å². The first-order chi connectivity index (χ1) is 9.06. The van der Waals surface area contributed by atoms with Crippen LogP contribution in [0.25, 0.3) is 0 Å². The quantitative estimate of drug-likeness (QED) is 0.678.